The van der Waals surface area contributed by atoms with Gasteiger partial charge in [0, 0.05) is 12.5 Å². The zero-order valence-corrected chi connectivity index (χ0v) is 7.70. The number of aliphatic hydroxyl groups excluding tert-OH is 2. The lowest BCUT2D eigenvalue weighted by Gasteiger charge is -2.19. The number of rotatable bonds is 7. The van der Waals surface area contributed by atoms with Crippen LogP contribution >= 0.6 is 0 Å². The molecule has 1 radical (unpaired) electrons. The molecule has 0 saturated carbocycles. The van der Waals surface area contributed by atoms with Crippen LogP contribution in [0.4, 0.5) is 0 Å². The van der Waals surface area contributed by atoms with Crippen molar-refractivity contribution in [2.45, 2.75) is 25.9 Å². The van der Waals surface area contributed by atoms with E-state index in [1.807, 2.05) is 6.92 Å². The van der Waals surface area contributed by atoms with Crippen LogP contribution in [0.25, 0.3) is 0 Å². The first-order chi connectivity index (χ1) is 5.76. The fourth-order valence-corrected chi connectivity index (χ4v) is 0.987. The first-order valence-corrected chi connectivity index (χ1v) is 4.42. The van der Waals surface area contributed by atoms with E-state index in [4.69, 9.17) is 9.84 Å². The van der Waals surface area contributed by atoms with Crippen molar-refractivity contribution in [3.8, 4) is 0 Å². The van der Waals surface area contributed by atoms with Gasteiger partial charge in [0.15, 0.2) is 0 Å². The average Bonchev–Trinajstić information content (AvgIpc) is 2.11. The zero-order valence-electron chi connectivity index (χ0n) is 7.70. The molecule has 2 N–H and O–H groups in total. The van der Waals surface area contributed by atoms with E-state index >= 15 is 0 Å². The fourth-order valence-electron chi connectivity index (χ4n) is 0.987. The van der Waals surface area contributed by atoms with E-state index in [2.05, 4.69) is 6.92 Å². The zero-order chi connectivity index (χ0) is 9.40. The highest BCUT2D eigenvalue weighted by Gasteiger charge is 2.15. The number of hydrogen-bond acceptors (Lipinski definition) is 3. The van der Waals surface area contributed by atoms with Gasteiger partial charge in [0.05, 0.1) is 19.3 Å². The van der Waals surface area contributed by atoms with Crippen molar-refractivity contribution in [2.75, 3.05) is 19.8 Å². The van der Waals surface area contributed by atoms with Crippen LogP contribution in [-0.4, -0.2) is 36.1 Å². The lowest BCUT2D eigenvalue weighted by atomic mass is 10.0. The van der Waals surface area contributed by atoms with Crippen molar-refractivity contribution in [1.82, 2.24) is 0 Å². The lowest BCUT2D eigenvalue weighted by molar-refractivity contribution is -0.00138. The van der Waals surface area contributed by atoms with Gasteiger partial charge in [-0.15, -0.1) is 0 Å². The summed E-state index contributed by atoms with van der Waals surface area (Å²) in [6.07, 6.45) is 0.907. The Morgan fingerprint density at radius 2 is 2.17 bits per heavy atom. The quantitative estimate of drug-likeness (QED) is 0.557. The van der Waals surface area contributed by atoms with E-state index in [0.29, 0.717) is 13.2 Å². The molecule has 2 unspecified atom stereocenters. The summed E-state index contributed by atoms with van der Waals surface area (Å²) in [5.41, 5.74) is 0. The molecule has 0 aromatic carbocycles. The number of ether oxygens (including phenoxy) is 1. The van der Waals surface area contributed by atoms with E-state index in [0.717, 1.165) is 12.8 Å². The molecule has 73 valence electrons. The Kier molecular flexibility index (Phi) is 7.45. The third kappa shape index (κ3) is 4.70. The summed E-state index contributed by atoms with van der Waals surface area (Å²) in [5, 5.41) is 17.9. The molecule has 0 aliphatic heterocycles. The van der Waals surface area contributed by atoms with Crippen LogP contribution in [0.15, 0.2) is 0 Å². The van der Waals surface area contributed by atoms with Crippen LogP contribution in [-0.2, 0) is 4.74 Å². The molecule has 0 amide bonds. The minimum Gasteiger partial charge on any atom is -0.394 e. The van der Waals surface area contributed by atoms with Crippen LogP contribution < -0.4 is 0 Å². The molecule has 0 aliphatic rings. The lowest BCUT2D eigenvalue weighted by Crippen LogP contribution is -2.27. The molecule has 0 heterocycles. The SMILES string of the molecule is [CH2]CCOCC(CC)C(O)CO. The molecule has 0 spiro atoms. The summed E-state index contributed by atoms with van der Waals surface area (Å²) in [7, 11) is 0. The largest absolute Gasteiger partial charge is 0.394 e. The van der Waals surface area contributed by atoms with Crippen molar-refractivity contribution in [3.63, 3.8) is 0 Å². The fraction of sp³-hybridized carbons (Fsp3) is 0.889. The van der Waals surface area contributed by atoms with Gasteiger partial charge in [-0.05, 0) is 12.8 Å². The highest BCUT2D eigenvalue weighted by molar-refractivity contribution is 4.65. The summed E-state index contributed by atoms with van der Waals surface area (Å²) >= 11 is 0. The standard InChI is InChI=1S/C9H19O3/c1-3-5-12-7-8(4-2)9(11)6-10/h8-11H,1,3-7H2,2H3. The maximum Gasteiger partial charge on any atom is 0.0820 e. The summed E-state index contributed by atoms with van der Waals surface area (Å²) in [6.45, 7) is 6.54. The van der Waals surface area contributed by atoms with Gasteiger partial charge < -0.3 is 14.9 Å². The average molecular weight is 175 g/mol. The molecule has 0 saturated heterocycles. The predicted octanol–water partition coefficient (Wildman–Crippen LogP) is 0.607. The molecule has 0 aromatic rings. The first-order valence-electron chi connectivity index (χ1n) is 4.42. The van der Waals surface area contributed by atoms with E-state index in [-0.39, 0.29) is 12.5 Å². The van der Waals surface area contributed by atoms with E-state index in [9.17, 15) is 5.11 Å². The molecule has 2 atom stereocenters. The van der Waals surface area contributed by atoms with Gasteiger partial charge in [0.2, 0.25) is 0 Å². The molecular formula is C9H19O3. The van der Waals surface area contributed by atoms with Crippen LogP contribution in [0.5, 0.6) is 0 Å². The molecule has 0 bridgehead atoms. The molecule has 3 nitrogen and oxygen atoms in total. The summed E-state index contributed by atoms with van der Waals surface area (Å²) < 4.78 is 5.23. The third-order valence-corrected chi connectivity index (χ3v) is 1.88. The molecule has 0 fully saturated rings. The van der Waals surface area contributed by atoms with Crippen molar-refractivity contribution >= 4 is 0 Å². The van der Waals surface area contributed by atoms with Gasteiger partial charge in [-0.3, -0.25) is 0 Å². The van der Waals surface area contributed by atoms with Crippen molar-refractivity contribution < 1.29 is 14.9 Å². The Labute approximate surface area is 74.4 Å². The highest BCUT2D eigenvalue weighted by Crippen LogP contribution is 2.08. The van der Waals surface area contributed by atoms with E-state index < -0.39 is 6.10 Å². The Hall–Kier alpha value is -0.120. The smallest absolute Gasteiger partial charge is 0.0820 e. The molecule has 0 aliphatic carbocycles. The second-order valence-corrected chi connectivity index (χ2v) is 2.85. The Bertz CT molecular complexity index is 95.8. The Morgan fingerprint density at radius 3 is 2.58 bits per heavy atom. The monoisotopic (exact) mass is 175 g/mol. The Morgan fingerprint density at radius 1 is 1.50 bits per heavy atom. The minimum atomic E-state index is -0.653. The third-order valence-electron chi connectivity index (χ3n) is 1.88. The topological polar surface area (TPSA) is 49.7 Å². The summed E-state index contributed by atoms with van der Waals surface area (Å²) in [6, 6.07) is 0. The van der Waals surface area contributed by atoms with Gasteiger partial charge in [0.25, 0.3) is 0 Å². The van der Waals surface area contributed by atoms with Crippen LogP contribution in [0.3, 0.4) is 0 Å². The van der Waals surface area contributed by atoms with Gasteiger partial charge >= 0.3 is 0 Å². The highest BCUT2D eigenvalue weighted by atomic mass is 16.5. The molecule has 12 heavy (non-hydrogen) atoms. The van der Waals surface area contributed by atoms with E-state index in [1.165, 1.54) is 0 Å². The molecule has 0 rings (SSSR count). The second kappa shape index (κ2) is 7.53. The molecule has 0 aromatic heterocycles. The van der Waals surface area contributed by atoms with Gasteiger partial charge in [0.1, 0.15) is 0 Å². The van der Waals surface area contributed by atoms with Crippen LogP contribution in [0.1, 0.15) is 19.8 Å². The summed E-state index contributed by atoms with van der Waals surface area (Å²) in [5.74, 6) is 0.0431. The van der Waals surface area contributed by atoms with E-state index in [1.54, 1.807) is 0 Å². The summed E-state index contributed by atoms with van der Waals surface area (Å²) in [4.78, 5) is 0. The maximum atomic E-state index is 9.27. The van der Waals surface area contributed by atoms with Crippen LogP contribution in [0.2, 0.25) is 0 Å². The van der Waals surface area contributed by atoms with Crippen molar-refractivity contribution in [1.29, 1.82) is 0 Å². The van der Waals surface area contributed by atoms with Gasteiger partial charge in [-0.1, -0.05) is 13.8 Å². The molecule has 3 heteroatoms. The maximum absolute atomic E-state index is 9.27. The van der Waals surface area contributed by atoms with Gasteiger partial charge in [-0.2, -0.15) is 0 Å². The van der Waals surface area contributed by atoms with Gasteiger partial charge in [-0.25, -0.2) is 0 Å². The van der Waals surface area contributed by atoms with Crippen molar-refractivity contribution in [2.24, 2.45) is 5.92 Å². The second-order valence-electron chi connectivity index (χ2n) is 2.85. The predicted molar refractivity (Wildman–Crippen MR) is 47.7 cm³/mol. The normalized spacial score (nSPS) is 16.0. The molecular weight excluding hydrogens is 156 g/mol. The minimum absolute atomic E-state index is 0.0431. The van der Waals surface area contributed by atoms with Crippen LogP contribution in [0, 0.1) is 12.8 Å². The Balaban J connectivity index is 3.52. The number of hydrogen-bond donors (Lipinski definition) is 2. The number of aliphatic hydroxyl groups is 2. The first kappa shape index (κ1) is 11.9. The van der Waals surface area contributed by atoms with Crippen molar-refractivity contribution in [3.05, 3.63) is 6.92 Å².